The zero-order valence-electron chi connectivity index (χ0n) is 8.80. The zero-order chi connectivity index (χ0) is 10.8. The molecule has 1 aromatic carbocycles. The molecular formula is C10H16ClNOSi. The quantitative estimate of drug-likeness (QED) is 0.809. The molecule has 0 radical (unpaired) electrons. The molecule has 1 aromatic rings. The Morgan fingerprint density at radius 1 is 1.36 bits per heavy atom. The number of nitrogens with two attached hydrogens (primary N) is 1. The molecule has 1 rings (SSSR count). The average molecular weight is 230 g/mol. The third kappa shape index (κ3) is 3.33. The van der Waals surface area contributed by atoms with Crippen LogP contribution in [-0.4, -0.2) is 8.32 Å². The van der Waals surface area contributed by atoms with Crippen molar-refractivity contribution in [2.75, 3.05) is 0 Å². The van der Waals surface area contributed by atoms with Gasteiger partial charge in [-0.1, -0.05) is 17.7 Å². The lowest BCUT2D eigenvalue weighted by atomic mass is 10.2. The van der Waals surface area contributed by atoms with Crippen LogP contribution in [0.3, 0.4) is 0 Å². The molecule has 0 atom stereocenters. The van der Waals surface area contributed by atoms with E-state index >= 15 is 0 Å². The summed E-state index contributed by atoms with van der Waals surface area (Å²) in [5.74, 6) is 0.833. The molecule has 0 saturated heterocycles. The van der Waals surface area contributed by atoms with Crippen molar-refractivity contribution < 1.29 is 4.43 Å². The van der Waals surface area contributed by atoms with Crippen molar-refractivity contribution >= 4 is 19.9 Å². The SMILES string of the molecule is C[Si](C)(C)Oc1cc(Cl)ccc1CN. The number of hydrogen-bond acceptors (Lipinski definition) is 2. The van der Waals surface area contributed by atoms with Gasteiger partial charge in [0.05, 0.1) is 0 Å². The third-order valence-corrected chi connectivity index (χ3v) is 2.73. The first-order chi connectivity index (χ1) is 6.42. The Labute approximate surface area is 91.2 Å². The van der Waals surface area contributed by atoms with Gasteiger partial charge in [0.2, 0.25) is 8.32 Å². The van der Waals surface area contributed by atoms with Gasteiger partial charge >= 0.3 is 0 Å². The van der Waals surface area contributed by atoms with Gasteiger partial charge in [0.25, 0.3) is 0 Å². The summed E-state index contributed by atoms with van der Waals surface area (Å²) in [7, 11) is -1.58. The van der Waals surface area contributed by atoms with Gasteiger partial charge in [-0.3, -0.25) is 0 Å². The molecule has 0 bridgehead atoms. The minimum Gasteiger partial charge on any atom is -0.544 e. The van der Waals surface area contributed by atoms with E-state index in [9.17, 15) is 0 Å². The molecule has 2 N–H and O–H groups in total. The summed E-state index contributed by atoms with van der Waals surface area (Å²) in [4.78, 5) is 0. The summed E-state index contributed by atoms with van der Waals surface area (Å²) in [5.41, 5.74) is 6.62. The maximum absolute atomic E-state index is 5.90. The lowest BCUT2D eigenvalue weighted by Gasteiger charge is -2.21. The molecule has 0 saturated carbocycles. The van der Waals surface area contributed by atoms with Gasteiger partial charge in [0.15, 0.2) is 0 Å². The first-order valence-electron chi connectivity index (χ1n) is 4.60. The molecular weight excluding hydrogens is 214 g/mol. The van der Waals surface area contributed by atoms with Crippen molar-refractivity contribution in [1.29, 1.82) is 0 Å². The normalized spacial score (nSPS) is 11.5. The van der Waals surface area contributed by atoms with Crippen LogP contribution in [-0.2, 0) is 6.54 Å². The summed E-state index contributed by atoms with van der Waals surface area (Å²) >= 11 is 5.90. The Kier molecular flexibility index (Phi) is 3.58. The van der Waals surface area contributed by atoms with E-state index in [2.05, 4.69) is 19.6 Å². The minimum absolute atomic E-state index is 0.483. The maximum atomic E-state index is 5.90. The highest BCUT2D eigenvalue weighted by Crippen LogP contribution is 2.25. The van der Waals surface area contributed by atoms with Crippen molar-refractivity contribution in [2.24, 2.45) is 5.73 Å². The first kappa shape index (κ1) is 11.6. The van der Waals surface area contributed by atoms with Gasteiger partial charge in [-0.15, -0.1) is 0 Å². The second-order valence-corrected chi connectivity index (χ2v) is 9.04. The fraction of sp³-hybridized carbons (Fsp3) is 0.400. The molecule has 0 heterocycles. The predicted octanol–water partition coefficient (Wildman–Crippen LogP) is 3.01. The number of benzene rings is 1. The molecule has 0 spiro atoms. The zero-order valence-corrected chi connectivity index (χ0v) is 10.6. The van der Waals surface area contributed by atoms with Gasteiger partial charge in [-0.2, -0.15) is 0 Å². The summed E-state index contributed by atoms with van der Waals surface area (Å²) < 4.78 is 5.88. The van der Waals surface area contributed by atoms with Gasteiger partial charge in [0.1, 0.15) is 5.75 Å². The van der Waals surface area contributed by atoms with E-state index in [4.69, 9.17) is 21.8 Å². The highest BCUT2D eigenvalue weighted by molar-refractivity contribution is 6.70. The van der Waals surface area contributed by atoms with Gasteiger partial charge in [-0.25, -0.2) is 0 Å². The van der Waals surface area contributed by atoms with Crippen LogP contribution in [0.15, 0.2) is 18.2 Å². The van der Waals surface area contributed by atoms with E-state index in [0.29, 0.717) is 11.6 Å². The second kappa shape index (κ2) is 4.34. The monoisotopic (exact) mass is 229 g/mol. The molecule has 14 heavy (non-hydrogen) atoms. The Morgan fingerprint density at radius 2 is 2.00 bits per heavy atom. The van der Waals surface area contributed by atoms with Gasteiger partial charge < -0.3 is 10.2 Å². The Bertz CT molecular complexity index is 322. The van der Waals surface area contributed by atoms with Gasteiger partial charge in [0, 0.05) is 17.1 Å². The van der Waals surface area contributed by atoms with Crippen molar-refractivity contribution in [3.8, 4) is 5.75 Å². The first-order valence-corrected chi connectivity index (χ1v) is 8.38. The van der Waals surface area contributed by atoms with Crippen LogP contribution >= 0.6 is 11.6 Å². The van der Waals surface area contributed by atoms with E-state index < -0.39 is 8.32 Å². The summed E-state index contributed by atoms with van der Waals surface area (Å²) in [6, 6.07) is 5.58. The summed E-state index contributed by atoms with van der Waals surface area (Å²) in [5, 5.41) is 0.690. The molecule has 2 nitrogen and oxygen atoms in total. The Hall–Kier alpha value is -0.513. The molecule has 4 heteroatoms. The predicted molar refractivity (Wildman–Crippen MR) is 63.3 cm³/mol. The summed E-state index contributed by atoms with van der Waals surface area (Å²) in [6.45, 7) is 6.88. The lowest BCUT2D eigenvalue weighted by molar-refractivity contribution is 0.549. The summed E-state index contributed by atoms with van der Waals surface area (Å²) in [6.07, 6.45) is 0. The van der Waals surface area contributed by atoms with Crippen molar-refractivity contribution in [2.45, 2.75) is 26.2 Å². The van der Waals surface area contributed by atoms with Crippen LogP contribution in [0.2, 0.25) is 24.7 Å². The topological polar surface area (TPSA) is 35.2 Å². The van der Waals surface area contributed by atoms with Crippen LogP contribution in [0.1, 0.15) is 5.56 Å². The largest absolute Gasteiger partial charge is 0.544 e. The molecule has 78 valence electrons. The molecule has 0 aliphatic heterocycles. The number of hydrogen-bond donors (Lipinski definition) is 1. The van der Waals surface area contributed by atoms with Crippen LogP contribution < -0.4 is 10.2 Å². The molecule has 0 aliphatic carbocycles. The molecule has 0 unspecified atom stereocenters. The molecule has 0 aromatic heterocycles. The van der Waals surface area contributed by atoms with Crippen LogP contribution in [0.4, 0.5) is 0 Å². The Morgan fingerprint density at radius 3 is 2.50 bits per heavy atom. The van der Waals surface area contributed by atoms with Crippen LogP contribution in [0.5, 0.6) is 5.75 Å². The van der Waals surface area contributed by atoms with Crippen molar-refractivity contribution in [1.82, 2.24) is 0 Å². The van der Waals surface area contributed by atoms with E-state index in [-0.39, 0.29) is 0 Å². The minimum atomic E-state index is -1.58. The highest BCUT2D eigenvalue weighted by atomic mass is 35.5. The second-order valence-electron chi connectivity index (χ2n) is 4.17. The van der Waals surface area contributed by atoms with Crippen LogP contribution in [0, 0.1) is 0 Å². The van der Waals surface area contributed by atoms with Crippen molar-refractivity contribution in [3.05, 3.63) is 28.8 Å². The lowest BCUT2D eigenvalue weighted by Crippen LogP contribution is -2.30. The third-order valence-electron chi connectivity index (χ3n) is 1.67. The molecule has 0 fully saturated rings. The maximum Gasteiger partial charge on any atom is 0.242 e. The Balaban J connectivity index is 2.99. The van der Waals surface area contributed by atoms with E-state index in [1.165, 1.54) is 0 Å². The van der Waals surface area contributed by atoms with E-state index in [1.54, 1.807) is 0 Å². The standard InChI is InChI=1S/C10H16ClNOSi/c1-14(2,3)13-10-6-9(11)5-4-8(10)7-12/h4-6H,7,12H2,1-3H3. The van der Waals surface area contributed by atoms with Gasteiger partial charge in [-0.05, 0) is 31.8 Å². The smallest absolute Gasteiger partial charge is 0.242 e. The number of halogens is 1. The van der Waals surface area contributed by atoms with E-state index in [1.807, 2.05) is 18.2 Å². The average Bonchev–Trinajstić information content (AvgIpc) is 2.01. The molecule has 0 aliphatic rings. The van der Waals surface area contributed by atoms with E-state index in [0.717, 1.165) is 11.3 Å². The fourth-order valence-corrected chi connectivity index (χ4v) is 2.13. The highest BCUT2D eigenvalue weighted by Gasteiger charge is 2.17. The molecule has 0 amide bonds. The van der Waals surface area contributed by atoms with Crippen molar-refractivity contribution in [3.63, 3.8) is 0 Å². The fourth-order valence-electron chi connectivity index (χ4n) is 1.12. The number of rotatable bonds is 3. The van der Waals surface area contributed by atoms with Crippen LogP contribution in [0.25, 0.3) is 0 Å².